The minimum absolute atomic E-state index is 0.0740. The van der Waals surface area contributed by atoms with Crippen molar-refractivity contribution in [2.45, 2.75) is 20.8 Å². The van der Waals surface area contributed by atoms with Crippen LogP contribution in [0.15, 0.2) is 42.5 Å². The van der Waals surface area contributed by atoms with Crippen molar-refractivity contribution in [2.75, 3.05) is 18.9 Å². The number of nitrogens with zero attached hydrogens (tertiary/aromatic N) is 2. The van der Waals surface area contributed by atoms with Gasteiger partial charge in [-0.05, 0) is 62.2 Å². The summed E-state index contributed by atoms with van der Waals surface area (Å²) >= 11 is 1.23. The van der Waals surface area contributed by atoms with E-state index in [1.807, 2.05) is 32.0 Å². The van der Waals surface area contributed by atoms with Crippen molar-refractivity contribution in [1.82, 2.24) is 9.88 Å². The summed E-state index contributed by atoms with van der Waals surface area (Å²) in [4.78, 5) is 31.5. The highest BCUT2D eigenvalue weighted by molar-refractivity contribution is 7.17. The van der Waals surface area contributed by atoms with Crippen LogP contribution in [0.1, 0.15) is 26.5 Å². The second kappa shape index (κ2) is 8.53. The smallest absolute Gasteiger partial charge is 0.266 e. The highest BCUT2D eigenvalue weighted by atomic mass is 32.1. The Morgan fingerprint density at radius 2 is 1.79 bits per heavy atom. The van der Waals surface area contributed by atoms with Crippen LogP contribution < -0.4 is 5.32 Å². The lowest BCUT2D eigenvalue weighted by Crippen LogP contribution is -2.35. The van der Waals surface area contributed by atoms with E-state index in [-0.39, 0.29) is 24.2 Å². The van der Waals surface area contributed by atoms with Crippen molar-refractivity contribution >= 4 is 28.8 Å². The van der Waals surface area contributed by atoms with E-state index >= 15 is 0 Å². The fraction of sp³-hybridized carbons (Fsp3) is 0.227. The van der Waals surface area contributed by atoms with Gasteiger partial charge in [-0.25, -0.2) is 9.37 Å². The van der Waals surface area contributed by atoms with Gasteiger partial charge in [-0.15, -0.1) is 11.3 Å². The fourth-order valence-electron chi connectivity index (χ4n) is 2.85. The number of amides is 2. The Kier molecular flexibility index (Phi) is 6.08. The molecule has 0 radical (unpaired) electrons. The molecule has 0 saturated carbocycles. The first-order valence-corrected chi connectivity index (χ1v) is 9.93. The van der Waals surface area contributed by atoms with Crippen molar-refractivity contribution in [1.29, 1.82) is 0 Å². The molecule has 0 aliphatic heterocycles. The molecule has 0 aliphatic carbocycles. The van der Waals surface area contributed by atoms with Gasteiger partial charge in [0.2, 0.25) is 5.91 Å². The number of benzene rings is 2. The van der Waals surface area contributed by atoms with Crippen molar-refractivity contribution in [3.8, 4) is 10.6 Å². The molecule has 0 aliphatic rings. The molecule has 1 N–H and O–H groups in total. The molecule has 0 unspecified atom stereocenters. The summed E-state index contributed by atoms with van der Waals surface area (Å²) in [6.07, 6.45) is 0. The maximum Gasteiger partial charge on any atom is 0.266 e. The quantitative estimate of drug-likeness (QED) is 0.668. The molecule has 0 fully saturated rings. The number of halogens is 1. The molecule has 1 aromatic heterocycles. The molecular formula is C22H22FN3O2S. The van der Waals surface area contributed by atoms with Crippen molar-refractivity contribution < 1.29 is 14.0 Å². The first-order chi connectivity index (χ1) is 13.8. The van der Waals surface area contributed by atoms with Gasteiger partial charge in [-0.1, -0.05) is 12.1 Å². The Morgan fingerprint density at radius 3 is 2.48 bits per heavy atom. The molecule has 0 saturated heterocycles. The number of carbonyl (C=O) groups excluding carboxylic acids is 2. The Bertz CT molecular complexity index is 1060. The third-order valence-corrected chi connectivity index (χ3v) is 5.88. The van der Waals surface area contributed by atoms with Crippen molar-refractivity contribution in [3.63, 3.8) is 0 Å². The largest absolute Gasteiger partial charge is 0.332 e. The number of likely N-dealkylation sites (N-methyl/N-ethyl adjacent to an activating group) is 1. The highest BCUT2D eigenvalue weighted by Crippen LogP contribution is 2.29. The van der Waals surface area contributed by atoms with E-state index in [9.17, 15) is 14.0 Å². The predicted molar refractivity (Wildman–Crippen MR) is 114 cm³/mol. The molecule has 0 spiro atoms. The summed E-state index contributed by atoms with van der Waals surface area (Å²) in [7, 11) is 1.59. The number of aryl methyl sites for hydroxylation is 2. The zero-order valence-corrected chi connectivity index (χ0v) is 17.6. The Morgan fingerprint density at radius 1 is 1.10 bits per heavy atom. The summed E-state index contributed by atoms with van der Waals surface area (Å²) in [5, 5.41) is 3.50. The van der Waals surface area contributed by atoms with Crippen LogP contribution in [0.3, 0.4) is 0 Å². The topological polar surface area (TPSA) is 62.3 Å². The lowest BCUT2D eigenvalue weighted by atomic mass is 10.1. The van der Waals surface area contributed by atoms with Crippen LogP contribution in [0.25, 0.3) is 10.6 Å². The van der Waals surface area contributed by atoms with Gasteiger partial charge in [0.25, 0.3) is 5.91 Å². The molecule has 3 rings (SSSR count). The number of hydrogen-bond acceptors (Lipinski definition) is 4. The van der Waals surface area contributed by atoms with Gasteiger partial charge in [0.05, 0.1) is 12.2 Å². The second-order valence-corrected chi connectivity index (χ2v) is 7.90. The highest BCUT2D eigenvalue weighted by Gasteiger charge is 2.21. The summed E-state index contributed by atoms with van der Waals surface area (Å²) in [5.41, 5.74) is 4.15. The number of aromatic nitrogens is 1. The lowest BCUT2D eigenvalue weighted by molar-refractivity contribution is -0.116. The maximum atomic E-state index is 13.1. The lowest BCUT2D eigenvalue weighted by Gasteiger charge is -2.17. The number of nitrogens with one attached hydrogen (secondary N) is 1. The molecule has 29 heavy (non-hydrogen) atoms. The minimum Gasteiger partial charge on any atom is -0.332 e. The van der Waals surface area contributed by atoms with Crippen LogP contribution in [0.2, 0.25) is 0 Å². The normalized spacial score (nSPS) is 10.7. The molecule has 1 heterocycles. The van der Waals surface area contributed by atoms with E-state index in [2.05, 4.69) is 10.3 Å². The van der Waals surface area contributed by atoms with Crippen LogP contribution in [-0.2, 0) is 4.79 Å². The Hall–Kier alpha value is -3.06. The van der Waals surface area contributed by atoms with Crippen molar-refractivity contribution in [2.24, 2.45) is 0 Å². The number of anilines is 1. The van der Waals surface area contributed by atoms with E-state index in [0.717, 1.165) is 22.4 Å². The van der Waals surface area contributed by atoms with Gasteiger partial charge < -0.3 is 10.2 Å². The van der Waals surface area contributed by atoms with Crippen LogP contribution >= 0.6 is 11.3 Å². The summed E-state index contributed by atoms with van der Waals surface area (Å²) in [6.45, 7) is 5.60. The van der Waals surface area contributed by atoms with Crippen LogP contribution in [0.4, 0.5) is 10.1 Å². The van der Waals surface area contributed by atoms with E-state index in [1.165, 1.54) is 28.4 Å². The fourth-order valence-corrected chi connectivity index (χ4v) is 3.91. The molecular weight excluding hydrogens is 389 g/mol. The monoisotopic (exact) mass is 411 g/mol. The van der Waals surface area contributed by atoms with E-state index in [4.69, 9.17) is 0 Å². The van der Waals surface area contributed by atoms with Gasteiger partial charge in [0.1, 0.15) is 15.7 Å². The third kappa shape index (κ3) is 4.68. The number of carbonyl (C=O) groups is 2. The summed E-state index contributed by atoms with van der Waals surface area (Å²) < 4.78 is 13.1. The Labute approximate surface area is 173 Å². The molecule has 3 aromatic rings. The SMILES string of the molecule is Cc1cccc(NC(=O)CN(C)C(=O)c2sc(-c3ccc(F)cc3)nc2C)c1C. The summed E-state index contributed by atoms with van der Waals surface area (Å²) in [5.74, 6) is -0.868. The Balaban J connectivity index is 1.70. The molecule has 150 valence electrons. The van der Waals surface area contributed by atoms with E-state index in [1.54, 1.807) is 26.1 Å². The van der Waals surface area contributed by atoms with Crippen LogP contribution in [0, 0.1) is 26.6 Å². The molecule has 5 nitrogen and oxygen atoms in total. The van der Waals surface area contributed by atoms with Crippen LogP contribution in [0.5, 0.6) is 0 Å². The average Bonchev–Trinajstić information content (AvgIpc) is 3.07. The van der Waals surface area contributed by atoms with Crippen LogP contribution in [-0.4, -0.2) is 35.3 Å². The zero-order valence-electron chi connectivity index (χ0n) is 16.7. The zero-order chi connectivity index (χ0) is 21.1. The molecule has 2 amide bonds. The second-order valence-electron chi connectivity index (χ2n) is 6.90. The molecule has 7 heteroatoms. The molecule has 0 bridgehead atoms. The van der Waals surface area contributed by atoms with Crippen molar-refractivity contribution in [3.05, 3.63) is 70.0 Å². The third-order valence-electron chi connectivity index (χ3n) is 4.69. The summed E-state index contributed by atoms with van der Waals surface area (Å²) in [6, 6.07) is 11.7. The number of thiazole rings is 1. The molecule has 2 aromatic carbocycles. The minimum atomic E-state index is -0.326. The van der Waals surface area contributed by atoms with Gasteiger partial charge in [-0.3, -0.25) is 9.59 Å². The van der Waals surface area contributed by atoms with E-state index < -0.39 is 0 Å². The predicted octanol–water partition coefficient (Wildman–Crippen LogP) is 4.59. The maximum absolute atomic E-state index is 13.1. The van der Waals surface area contributed by atoms with Gasteiger partial charge in [0.15, 0.2) is 0 Å². The standard InChI is InChI=1S/C22H22FN3O2S/c1-13-6-5-7-18(14(13)2)25-19(27)12-26(4)22(28)20-15(3)24-21(29-20)16-8-10-17(23)11-9-16/h5-11H,12H2,1-4H3,(H,25,27). The van der Waals surface area contributed by atoms with Gasteiger partial charge >= 0.3 is 0 Å². The molecule has 0 atom stereocenters. The van der Waals surface area contributed by atoms with Gasteiger partial charge in [-0.2, -0.15) is 0 Å². The average molecular weight is 412 g/mol. The number of hydrogen-bond donors (Lipinski definition) is 1. The first kappa shape index (κ1) is 20.7. The van der Waals surface area contributed by atoms with Gasteiger partial charge in [0, 0.05) is 18.3 Å². The van der Waals surface area contributed by atoms with E-state index in [0.29, 0.717) is 15.6 Å². The number of rotatable bonds is 5. The first-order valence-electron chi connectivity index (χ1n) is 9.11.